The second-order valence-corrected chi connectivity index (χ2v) is 8.77. The minimum absolute atomic E-state index is 0.821. The lowest BCUT2D eigenvalue weighted by molar-refractivity contribution is 0.313. The monoisotopic (exact) mass is 388 g/mol. The van der Waals surface area contributed by atoms with Gasteiger partial charge in [0.15, 0.2) is 10.9 Å². The molecular formula is C21H28N2OS2. The van der Waals surface area contributed by atoms with E-state index in [1.165, 1.54) is 53.5 Å². The summed E-state index contributed by atoms with van der Waals surface area (Å²) in [6.45, 7) is 5.21. The minimum Gasteiger partial charge on any atom is -0.484 e. The van der Waals surface area contributed by atoms with Crippen molar-refractivity contribution in [3.63, 3.8) is 0 Å². The van der Waals surface area contributed by atoms with Gasteiger partial charge in [0.05, 0.1) is 11.5 Å². The molecule has 0 fully saturated rings. The quantitative estimate of drug-likeness (QED) is 0.328. The molecule has 0 aliphatic heterocycles. The molecule has 3 aromatic heterocycles. The molecule has 0 saturated heterocycles. The average molecular weight is 389 g/mol. The molecule has 3 nitrogen and oxygen atoms in total. The Hall–Kier alpha value is -1.46. The number of thiophene rings is 2. The van der Waals surface area contributed by atoms with Gasteiger partial charge in [-0.1, -0.05) is 63.7 Å². The van der Waals surface area contributed by atoms with Crippen LogP contribution in [0.2, 0.25) is 0 Å². The highest BCUT2D eigenvalue weighted by molar-refractivity contribution is 7.30. The molecule has 0 amide bonds. The van der Waals surface area contributed by atoms with Crippen molar-refractivity contribution in [1.29, 1.82) is 0 Å². The van der Waals surface area contributed by atoms with Gasteiger partial charge in [0.2, 0.25) is 0 Å². The summed E-state index contributed by atoms with van der Waals surface area (Å²) in [6, 6.07) is 4.35. The highest BCUT2D eigenvalue weighted by atomic mass is 32.1. The van der Waals surface area contributed by atoms with Crippen LogP contribution in [0.4, 0.5) is 0 Å². The topological polar surface area (TPSA) is 35.0 Å². The summed E-state index contributed by atoms with van der Waals surface area (Å²) >= 11 is 3.47. The van der Waals surface area contributed by atoms with Gasteiger partial charge in [-0.15, -0.1) is 11.3 Å². The molecule has 5 heteroatoms. The van der Waals surface area contributed by atoms with E-state index < -0.39 is 0 Å². The zero-order chi connectivity index (χ0) is 18.2. The molecule has 0 saturated carbocycles. The predicted molar refractivity (Wildman–Crippen MR) is 114 cm³/mol. The number of hydrogen-bond acceptors (Lipinski definition) is 5. The van der Waals surface area contributed by atoms with Crippen molar-refractivity contribution in [3.05, 3.63) is 30.1 Å². The maximum Gasteiger partial charge on any atom is 0.175 e. The molecule has 0 aliphatic rings. The fraction of sp³-hybridized carbons (Fsp3) is 0.524. The molecule has 0 N–H and O–H groups in total. The van der Waals surface area contributed by atoms with Gasteiger partial charge in [0.25, 0.3) is 0 Å². The Kier molecular flexibility index (Phi) is 7.44. The zero-order valence-electron chi connectivity index (χ0n) is 15.8. The van der Waals surface area contributed by atoms with E-state index in [9.17, 15) is 0 Å². The maximum absolute atomic E-state index is 5.95. The smallest absolute Gasteiger partial charge is 0.175 e. The molecule has 0 unspecified atom stereocenters. The summed E-state index contributed by atoms with van der Waals surface area (Å²) in [4.78, 5) is 10.1. The normalized spacial score (nSPS) is 11.3. The van der Waals surface area contributed by atoms with Gasteiger partial charge >= 0.3 is 0 Å². The van der Waals surface area contributed by atoms with Crippen molar-refractivity contribution >= 4 is 32.1 Å². The Labute approximate surface area is 164 Å². The summed E-state index contributed by atoms with van der Waals surface area (Å²) < 4.78 is 8.48. The second kappa shape index (κ2) is 10.0. The van der Waals surface area contributed by atoms with E-state index in [-0.39, 0.29) is 0 Å². The van der Waals surface area contributed by atoms with Gasteiger partial charge in [-0.3, -0.25) is 0 Å². The summed E-state index contributed by atoms with van der Waals surface area (Å²) in [5, 5.41) is 1.03. The van der Waals surface area contributed by atoms with Crippen molar-refractivity contribution < 1.29 is 4.74 Å². The first-order valence-corrected chi connectivity index (χ1v) is 11.4. The van der Waals surface area contributed by atoms with Crippen LogP contribution < -0.4 is 4.74 Å². The largest absolute Gasteiger partial charge is 0.484 e. The molecule has 0 aromatic carbocycles. The molecule has 3 heterocycles. The van der Waals surface area contributed by atoms with Crippen LogP contribution >= 0.6 is 22.7 Å². The van der Waals surface area contributed by atoms with Gasteiger partial charge in [-0.25, -0.2) is 9.97 Å². The Morgan fingerprint density at radius 2 is 1.54 bits per heavy atom. The van der Waals surface area contributed by atoms with Gasteiger partial charge in [0, 0.05) is 27.9 Å². The molecule has 3 aromatic rings. The van der Waals surface area contributed by atoms with Gasteiger partial charge < -0.3 is 4.74 Å². The lowest BCUT2D eigenvalue weighted by Crippen LogP contribution is -1.95. The molecule has 0 atom stereocenters. The molecule has 26 heavy (non-hydrogen) atoms. The standard InChI is InChI=1S/C21H28N2OS2/c1-3-5-6-7-8-9-10-11-24-20-13-18-17(26-20)12-19(25-18)21-22-14-16(4-2)15-23-21/h12-15H,3-11H2,1-2H3. The first kappa shape index (κ1) is 19.3. The van der Waals surface area contributed by atoms with Crippen LogP contribution in [0.15, 0.2) is 24.5 Å². The maximum atomic E-state index is 5.95. The van der Waals surface area contributed by atoms with Crippen molar-refractivity contribution in [2.24, 2.45) is 0 Å². The number of rotatable bonds is 11. The molecule has 0 radical (unpaired) electrons. The summed E-state index contributed by atoms with van der Waals surface area (Å²) in [6.07, 6.45) is 14.0. The Morgan fingerprint density at radius 1 is 0.846 bits per heavy atom. The third kappa shape index (κ3) is 5.27. The number of aromatic nitrogens is 2. The van der Waals surface area contributed by atoms with Crippen molar-refractivity contribution in [3.8, 4) is 15.8 Å². The van der Waals surface area contributed by atoms with Crippen LogP contribution in [0.1, 0.15) is 64.4 Å². The number of nitrogens with zero attached hydrogens (tertiary/aromatic N) is 2. The van der Waals surface area contributed by atoms with E-state index in [2.05, 4.69) is 35.9 Å². The van der Waals surface area contributed by atoms with Gasteiger partial charge in [-0.2, -0.15) is 0 Å². The third-order valence-electron chi connectivity index (χ3n) is 4.51. The lowest BCUT2D eigenvalue weighted by Gasteiger charge is -2.03. The third-order valence-corrected chi connectivity index (χ3v) is 6.71. The predicted octanol–water partition coefficient (Wildman–Crippen LogP) is 7.11. The van der Waals surface area contributed by atoms with E-state index in [1.54, 1.807) is 22.7 Å². The van der Waals surface area contributed by atoms with E-state index >= 15 is 0 Å². The van der Waals surface area contributed by atoms with Crippen molar-refractivity contribution in [1.82, 2.24) is 9.97 Å². The number of aryl methyl sites for hydroxylation is 1. The second-order valence-electron chi connectivity index (χ2n) is 6.64. The van der Waals surface area contributed by atoms with Gasteiger partial charge in [-0.05, 0) is 24.5 Å². The Balaban J connectivity index is 1.47. The average Bonchev–Trinajstić information content (AvgIpc) is 3.23. The van der Waals surface area contributed by atoms with Gasteiger partial charge in [0.1, 0.15) is 0 Å². The fourth-order valence-corrected chi connectivity index (χ4v) is 5.10. The van der Waals surface area contributed by atoms with Crippen molar-refractivity contribution in [2.75, 3.05) is 6.61 Å². The number of fused-ring (bicyclic) bond motifs is 1. The highest BCUT2D eigenvalue weighted by Crippen LogP contribution is 2.40. The van der Waals surface area contributed by atoms with Crippen LogP contribution in [-0.4, -0.2) is 16.6 Å². The number of ether oxygens (including phenoxy) is 1. The minimum atomic E-state index is 0.821. The lowest BCUT2D eigenvalue weighted by atomic mass is 10.1. The molecule has 0 aliphatic carbocycles. The molecular weight excluding hydrogens is 360 g/mol. The number of unbranched alkanes of at least 4 members (excludes halogenated alkanes) is 6. The SMILES string of the molecule is CCCCCCCCCOc1cc2sc(-c3ncc(CC)cn3)cc2s1. The first-order chi connectivity index (χ1) is 12.8. The fourth-order valence-electron chi connectivity index (χ4n) is 2.89. The molecule has 0 spiro atoms. The van der Waals surface area contributed by atoms with Crippen LogP contribution in [0.5, 0.6) is 5.06 Å². The Morgan fingerprint density at radius 3 is 2.23 bits per heavy atom. The van der Waals surface area contributed by atoms with E-state index in [0.717, 1.165) is 35.2 Å². The summed E-state index contributed by atoms with van der Waals surface area (Å²) in [5.74, 6) is 0.821. The Bertz CT molecular complexity index is 761. The zero-order valence-corrected chi connectivity index (χ0v) is 17.4. The van der Waals surface area contributed by atoms with Crippen molar-refractivity contribution in [2.45, 2.75) is 65.2 Å². The molecule has 140 valence electrons. The van der Waals surface area contributed by atoms with Crippen LogP contribution in [0, 0.1) is 0 Å². The van der Waals surface area contributed by atoms with Crippen LogP contribution in [0.25, 0.3) is 20.1 Å². The number of hydrogen-bond donors (Lipinski definition) is 0. The molecule has 0 bridgehead atoms. The highest BCUT2D eigenvalue weighted by Gasteiger charge is 2.11. The van der Waals surface area contributed by atoms with E-state index in [1.807, 2.05) is 12.4 Å². The van der Waals surface area contributed by atoms with Crippen LogP contribution in [0.3, 0.4) is 0 Å². The van der Waals surface area contributed by atoms with E-state index in [4.69, 9.17) is 4.74 Å². The first-order valence-electron chi connectivity index (χ1n) is 9.77. The van der Waals surface area contributed by atoms with E-state index in [0.29, 0.717) is 0 Å². The summed E-state index contributed by atoms with van der Waals surface area (Å²) in [5.41, 5.74) is 1.17. The summed E-state index contributed by atoms with van der Waals surface area (Å²) in [7, 11) is 0. The molecule has 3 rings (SSSR count). The van der Waals surface area contributed by atoms with Crippen LogP contribution in [-0.2, 0) is 6.42 Å².